The molecule has 0 aliphatic rings. The summed E-state index contributed by atoms with van der Waals surface area (Å²) in [6.45, 7) is 4.04. The number of carbonyl (C=O) groups is 1. The number of unbranched alkanes of at least 4 members (excludes halogenated alkanes) is 30. The van der Waals surface area contributed by atoms with Gasteiger partial charge >= 0.3 is 0 Å². The number of aliphatic hydroxyl groups excluding tert-OH is 4. The van der Waals surface area contributed by atoms with Crippen LogP contribution in [-0.2, 0) is 4.79 Å². The first-order valence-electron chi connectivity index (χ1n) is 22.6. The van der Waals surface area contributed by atoms with Gasteiger partial charge in [-0.05, 0) is 38.5 Å². The summed E-state index contributed by atoms with van der Waals surface area (Å²) in [4.78, 5) is 12.5. The number of rotatable bonds is 41. The predicted octanol–water partition coefficient (Wildman–Crippen LogP) is 11.8. The van der Waals surface area contributed by atoms with Gasteiger partial charge in [-0.25, -0.2) is 0 Å². The Morgan fingerprint density at radius 1 is 0.471 bits per heavy atom. The summed E-state index contributed by atoms with van der Waals surface area (Å²) in [6, 6.07) is -0.996. The second kappa shape index (κ2) is 40.2. The van der Waals surface area contributed by atoms with Crippen molar-refractivity contribution in [3.63, 3.8) is 0 Å². The molecule has 4 atom stereocenters. The Morgan fingerprint density at radius 3 is 1.18 bits per heavy atom. The molecule has 0 aromatic heterocycles. The van der Waals surface area contributed by atoms with Crippen LogP contribution in [0.25, 0.3) is 0 Å². The number of hydrogen-bond acceptors (Lipinski definition) is 5. The van der Waals surface area contributed by atoms with Gasteiger partial charge in [0.1, 0.15) is 12.2 Å². The molecule has 0 aromatic rings. The van der Waals surface area contributed by atoms with Gasteiger partial charge in [0, 0.05) is 0 Å². The quantitative estimate of drug-likeness (QED) is 0.0319. The van der Waals surface area contributed by atoms with E-state index in [0.29, 0.717) is 12.8 Å². The molecule has 0 aliphatic carbocycles. The Balaban J connectivity index is 3.70. The molecule has 0 radical (unpaired) electrons. The fourth-order valence-corrected chi connectivity index (χ4v) is 7.11. The first-order chi connectivity index (χ1) is 25.0. The fourth-order valence-electron chi connectivity index (χ4n) is 7.11. The van der Waals surface area contributed by atoms with Crippen LogP contribution in [0.3, 0.4) is 0 Å². The first kappa shape index (κ1) is 50.1. The summed E-state index contributed by atoms with van der Waals surface area (Å²) in [5.74, 6) is -0.592. The van der Waals surface area contributed by atoms with Crippen molar-refractivity contribution < 1.29 is 25.2 Å². The summed E-state index contributed by atoms with van der Waals surface area (Å²) in [6.07, 6.45) is 44.0. The molecule has 6 nitrogen and oxygen atoms in total. The van der Waals surface area contributed by atoms with Crippen molar-refractivity contribution in [1.82, 2.24) is 5.32 Å². The smallest absolute Gasteiger partial charge is 0.249 e. The number of amides is 1. The lowest BCUT2D eigenvalue weighted by Crippen LogP contribution is -2.53. The third kappa shape index (κ3) is 34.6. The van der Waals surface area contributed by atoms with Crippen LogP contribution in [0.1, 0.15) is 239 Å². The van der Waals surface area contributed by atoms with E-state index < -0.39 is 36.9 Å². The molecule has 0 fully saturated rings. The molecule has 304 valence electrons. The second-order valence-electron chi connectivity index (χ2n) is 15.8. The first-order valence-corrected chi connectivity index (χ1v) is 22.6. The molecule has 0 saturated heterocycles. The zero-order valence-corrected chi connectivity index (χ0v) is 34.1. The normalized spacial score (nSPS) is 14.2. The zero-order chi connectivity index (χ0) is 37.5. The van der Waals surface area contributed by atoms with E-state index in [1.165, 1.54) is 173 Å². The topological polar surface area (TPSA) is 110 Å². The molecule has 51 heavy (non-hydrogen) atoms. The van der Waals surface area contributed by atoms with E-state index in [1.54, 1.807) is 0 Å². The summed E-state index contributed by atoms with van der Waals surface area (Å²) < 4.78 is 0. The monoisotopic (exact) mass is 724 g/mol. The molecule has 0 rings (SSSR count). The lowest BCUT2D eigenvalue weighted by Gasteiger charge is -2.27. The summed E-state index contributed by atoms with van der Waals surface area (Å²) in [5, 5.41) is 43.6. The lowest BCUT2D eigenvalue weighted by molar-refractivity contribution is -0.132. The average molecular weight is 724 g/mol. The number of aliphatic hydroxyl groups is 4. The van der Waals surface area contributed by atoms with Crippen LogP contribution in [0, 0.1) is 0 Å². The van der Waals surface area contributed by atoms with Gasteiger partial charge in [0.15, 0.2) is 0 Å². The van der Waals surface area contributed by atoms with Gasteiger partial charge < -0.3 is 25.7 Å². The van der Waals surface area contributed by atoms with Crippen molar-refractivity contribution in [2.75, 3.05) is 6.61 Å². The number of nitrogens with one attached hydrogen (secondary N) is 1. The van der Waals surface area contributed by atoms with Crippen molar-refractivity contribution in [2.24, 2.45) is 0 Å². The summed E-state index contributed by atoms with van der Waals surface area (Å²) in [7, 11) is 0. The average Bonchev–Trinajstić information content (AvgIpc) is 3.13. The molecule has 0 aromatic carbocycles. The molecular formula is C45H89NO5. The Bertz CT molecular complexity index is 731. The van der Waals surface area contributed by atoms with Gasteiger partial charge in [-0.1, -0.05) is 212 Å². The molecule has 0 aliphatic heterocycles. The van der Waals surface area contributed by atoms with Crippen LogP contribution < -0.4 is 5.32 Å². The molecular weight excluding hydrogens is 634 g/mol. The van der Waals surface area contributed by atoms with E-state index in [2.05, 4.69) is 31.3 Å². The lowest BCUT2D eigenvalue weighted by atomic mass is 10.00. The number of allylic oxidation sites excluding steroid dienone is 2. The van der Waals surface area contributed by atoms with E-state index in [9.17, 15) is 25.2 Å². The Hall–Kier alpha value is -0.950. The van der Waals surface area contributed by atoms with Crippen molar-refractivity contribution in [3.8, 4) is 0 Å². The highest BCUT2D eigenvalue weighted by atomic mass is 16.3. The maximum atomic E-state index is 12.5. The van der Waals surface area contributed by atoms with Crippen LogP contribution in [0.4, 0.5) is 0 Å². The number of hydrogen-bond donors (Lipinski definition) is 5. The van der Waals surface area contributed by atoms with E-state index in [1.807, 2.05) is 0 Å². The van der Waals surface area contributed by atoms with Crippen LogP contribution in [-0.4, -0.2) is 57.3 Å². The molecule has 0 saturated carbocycles. The third-order valence-electron chi connectivity index (χ3n) is 10.7. The number of carbonyl (C=O) groups excluding carboxylic acids is 1. The van der Waals surface area contributed by atoms with Gasteiger partial charge in [0.2, 0.25) is 5.91 Å². The highest BCUT2D eigenvalue weighted by molar-refractivity contribution is 5.80. The van der Waals surface area contributed by atoms with E-state index in [4.69, 9.17) is 0 Å². The molecule has 0 heterocycles. The maximum absolute atomic E-state index is 12.5. The van der Waals surface area contributed by atoms with E-state index in [-0.39, 0.29) is 0 Å². The Morgan fingerprint density at radius 2 is 0.804 bits per heavy atom. The Labute approximate surface area is 317 Å². The van der Waals surface area contributed by atoms with Gasteiger partial charge in [-0.15, -0.1) is 0 Å². The molecule has 6 heteroatoms. The van der Waals surface area contributed by atoms with Gasteiger partial charge in [-0.2, -0.15) is 0 Å². The van der Waals surface area contributed by atoms with Crippen LogP contribution in [0.15, 0.2) is 12.2 Å². The molecule has 4 unspecified atom stereocenters. The molecule has 0 bridgehead atoms. The van der Waals surface area contributed by atoms with Crippen molar-refractivity contribution in [3.05, 3.63) is 12.2 Å². The van der Waals surface area contributed by atoms with Crippen molar-refractivity contribution >= 4 is 5.91 Å². The summed E-state index contributed by atoms with van der Waals surface area (Å²) in [5.41, 5.74) is 0. The van der Waals surface area contributed by atoms with Gasteiger partial charge in [-0.3, -0.25) is 4.79 Å². The van der Waals surface area contributed by atoms with Crippen LogP contribution >= 0.6 is 0 Å². The minimum absolute atomic E-state index is 0.367. The highest BCUT2D eigenvalue weighted by Gasteiger charge is 2.28. The SMILES string of the molecule is CCCCCCCCCCCCCCCCCCCC/C=C/CCCC(O)C(O)C(CO)NC(=O)C(O)CCCCCCCCCCCCCC. The second-order valence-corrected chi connectivity index (χ2v) is 15.8. The molecule has 0 spiro atoms. The summed E-state index contributed by atoms with van der Waals surface area (Å²) >= 11 is 0. The third-order valence-corrected chi connectivity index (χ3v) is 10.7. The Kier molecular flexibility index (Phi) is 39.5. The minimum atomic E-state index is -1.28. The molecule has 5 N–H and O–H groups in total. The largest absolute Gasteiger partial charge is 0.394 e. The van der Waals surface area contributed by atoms with Crippen molar-refractivity contribution in [2.45, 2.75) is 263 Å². The van der Waals surface area contributed by atoms with E-state index >= 15 is 0 Å². The maximum Gasteiger partial charge on any atom is 0.249 e. The van der Waals surface area contributed by atoms with Crippen LogP contribution in [0.2, 0.25) is 0 Å². The van der Waals surface area contributed by atoms with Crippen molar-refractivity contribution in [1.29, 1.82) is 0 Å². The molecule has 1 amide bonds. The highest BCUT2D eigenvalue weighted by Crippen LogP contribution is 2.16. The zero-order valence-electron chi connectivity index (χ0n) is 34.1. The predicted molar refractivity (Wildman–Crippen MR) is 219 cm³/mol. The van der Waals surface area contributed by atoms with Gasteiger partial charge in [0.05, 0.1) is 18.8 Å². The fraction of sp³-hybridized carbons (Fsp3) is 0.933. The van der Waals surface area contributed by atoms with E-state index in [0.717, 1.165) is 38.5 Å². The standard InChI is InChI=1S/C45H89NO5/c1-3-5-7-9-11-13-15-17-18-19-20-21-22-23-24-25-26-27-29-30-32-34-36-38-42(48)44(50)41(40-47)46-45(51)43(49)39-37-35-33-31-28-16-14-12-10-8-6-4-2/h30,32,41-44,47-50H,3-29,31,33-40H2,1-2H3,(H,46,51)/b32-30+. The van der Waals surface area contributed by atoms with Gasteiger partial charge in [0.25, 0.3) is 0 Å². The minimum Gasteiger partial charge on any atom is -0.394 e. The van der Waals surface area contributed by atoms with Crippen LogP contribution in [0.5, 0.6) is 0 Å².